The highest BCUT2D eigenvalue weighted by Gasteiger charge is 2.22. The molecule has 1 aliphatic rings. The molecule has 0 spiro atoms. The van der Waals surface area contributed by atoms with Gasteiger partial charge in [0, 0.05) is 25.3 Å². The van der Waals surface area contributed by atoms with Crippen LogP contribution in [0.3, 0.4) is 0 Å². The number of phenolic OH excluding ortho intramolecular Hbond substituents is 1. The minimum Gasteiger partial charge on any atom is -0.508 e. The lowest BCUT2D eigenvalue weighted by molar-refractivity contribution is -0.123. The van der Waals surface area contributed by atoms with E-state index in [1.807, 2.05) is 25.1 Å². The summed E-state index contributed by atoms with van der Waals surface area (Å²) >= 11 is 0. The lowest BCUT2D eigenvalue weighted by Gasteiger charge is -2.26. The van der Waals surface area contributed by atoms with Crippen LogP contribution < -0.4 is 5.32 Å². The maximum atomic E-state index is 12.8. The van der Waals surface area contributed by atoms with Crippen LogP contribution in [0.2, 0.25) is 0 Å². The summed E-state index contributed by atoms with van der Waals surface area (Å²) in [5.41, 5.74) is 3.21. The molecule has 0 saturated carbocycles. The van der Waals surface area contributed by atoms with Gasteiger partial charge in [-0.05, 0) is 43.4 Å². The monoisotopic (exact) mass is 396 g/mol. The minimum atomic E-state index is -0.0527. The Balaban J connectivity index is 1.62. The molecule has 156 valence electrons. The molecule has 1 heterocycles. The normalized spacial score (nSPS) is 17.4. The van der Waals surface area contributed by atoms with Crippen molar-refractivity contribution in [2.75, 3.05) is 19.7 Å². The number of hydrogen-bond acceptors (Lipinski definition) is 4. The molecule has 0 aromatic heterocycles. The Labute approximate surface area is 173 Å². The van der Waals surface area contributed by atoms with Gasteiger partial charge in [0.1, 0.15) is 5.75 Å². The Bertz CT molecular complexity index is 785. The first-order valence-electron chi connectivity index (χ1n) is 10.5. The van der Waals surface area contributed by atoms with E-state index in [4.69, 9.17) is 4.74 Å². The third-order valence-corrected chi connectivity index (χ3v) is 5.50. The van der Waals surface area contributed by atoms with E-state index in [1.54, 1.807) is 6.07 Å². The maximum absolute atomic E-state index is 12.8. The molecule has 5 nitrogen and oxygen atoms in total. The van der Waals surface area contributed by atoms with E-state index in [0.29, 0.717) is 13.1 Å². The quantitative estimate of drug-likeness (QED) is 0.677. The number of ether oxygens (including phenoxy) is 1. The van der Waals surface area contributed by atoms with Gasteiger partial charge in [-0.2, -0.15) is 0 Å². The van der Waals surface area contributed by atoms with Crippen LogP contribution in [0.1, 0.15) is 49.4 Å². The zero-order chi connectivity index (χ0) is 20.6. The van der Waals surface area contributed by atoms with Crippen molar-refractivity contribution in [2.45, 2.75) is 51.8 Å². The molecule has 2 aromatic carbocycles. The number of amides is 1. The average molecular weight is 397 g/mol. The summed E-state index contributed by atoms with van der Waals surface area (Å²) in [6.45, 7) is 6.39. The van der Waals surface area contributed by atoms with E-state index in [2.05, 4.69) is 41.4 Å². The Morgan fingerprint density at radius 1 is 1.24 bits per heavy atom. The van der Waals surface area contributed by atoms with Gasteiger partial charge in [-0.3, -0.25) is 9.69 Å². The number of nitrogens with one attached hydrogen (secondary N) is 1. The fraction of sp³-hybridized carbons (Fsp3) is 0.458. The molecule has 1 fully saturated rings. The number of phenols is 1. The molecule has 2 aromatic rings. The topological polar surface area (TPSA) is 61.8 Å². The van der Waals surface area contributed by atoms with Crippen molar-refractivity contribution in [3.05, 3.63) is 65.2 Å². The third kappa shape index (κ3) is 6.31. The molecule has 5 heteroatoms. The first kappa shape index (κ1) is 21.3. The van der Waals surface area contributed by atoms with Crippen LogP contribution in [0.25, 0.3) is 0 Å². The van der Waals surface area contributed by atoms with Crippen molar-refractivity contribution in [1.29, 1.82) is 0 Å². The summed E-state index contributed by atoms with van der Waals surface area (Å²) in [6.07, 6.45) is 3.23. The summed E-state index contributed by atoms with van der Waals surface area (Å²) in [5, 5.41) is 13.2. The number of carbonyl (C=O) groups is 1. The number of hydrogen-bond donors (Lipinski definition) is 2. The lowest BCUT2D eigenvalue weighted by atomic mass is 10.0. The van der Waals surface area contributed by atoms with E-state index < -0.39 is 0 Å². The smallest absolute Gasteiger partial charge is 0.234 e. The highest BCUT2D eigenvalue weighted by atomic mass is 16.5. The second kappa shape index (κ2) is 10.4. The molecule has 1 saturated heterocycles. The predicted octanol–water partition coefficient (Wildman–Crippen LogP) is 3.81. The molecular formula is C24H32N2O3. The third-order valence-electron chi connectivity index (χ3n) is 5.50. The fourth-order valence-electron chi connectivity index (χ4n) is 3.76. The van der Waals surface area contributed by atoms with Crippen molar-refractivity contribution in [1.82, 2.24) is 10.2 Å². The SMILES string of the molecule is CCc1ccc(C(C)NC(=O)CN(Cc2ccccc2O)CC2CCCO2)cc1. The van der Waals surface area contributed by atoms with Gasteiger partial charge < -0.3 is 15.2 Å². The molecular weight excluding hydrogens is 364 g/mol. The molecule has 2 atom stereocenters. The van der Waals surface area contributed by atoms with Gasteiger partial charge in [-0.15, -0.1) is 0 Å². The molecule has 1 amide bonds. The Hall–Kier alpha value is -2.37. The van der Waals surface area contributed by atoms with Gasteiger partial charge in [-0.1, -0.05) is 49.4 Å². The fourth-order valence-corrected chi connectivity index (χ4v) is 3.76. The standard InChI is InChI=1S/C24H32N2O3/c1-3-19-10-12-20(13-11-19)18(2)25-24(28)17-26(16-22-8-6-14-29-22)15-21-7-4-5-9-23(21)27/h4-5,7,9-13,18,22,27H,3,6,8,14-17H2,1-2H3,(H,25,28). The van der Waals surface area contributed by atoms with Gasteiger partial charge in [0.2, 0.25) is 5.91 Å². The summed E-state index contributed by atoms with van der Waals surface area (Å²) < 4.78 is 5.77. The largest absolute Gasteiger partial charge is 0.508 e. The van der Waals surface area contributed by atoms with Gasteiger partial charge >= 0.3 is 0 Å². The number of nitrogens with zero attached hydrogens (tertiary/aromatic N) is 1. The van der Waals surface area contributed by atoms with Crippen LogP contribution in [0, 0.1) is 0 Å². The average Bonchev–Trinajstić information content (AvgIpc) is 3.22. The molecule has 0 bridgehead atoms. The second-order valence-corrected chi connectivity index (χ2v) is 7.82. The van der Waals surface area contributed by atoms with Crippen LogP contribution in [0.4, 0.5) is 0 Å². The highest BCUT2D eigenvalue weighted by molar-refractivity contribution is 5.78. The first-order valence-corrected chi connectivity index (χ1v) is 10.5. The molecule has 3 rings (SSSR count). The summed E-state index contributed by atoms with van der Waals surface area (Å²) in [6, 6.07) is 15.6. The number of aromatic hydroxyl groups is 1. The Morgan fingerprint density at radius 3 is 2.66 bits per heavy atom. The molecule has 1 aliphatic heterocycles. The summed E-state index contributed by atoms with van der Waals surface area (Å²) in [4.78, 5) is 14.8. The maximum Gasteiger partial charge on any atom is 0.234 e. The number of aryl methyl sites for hydroxylation is 1. The molecule has 0 aliphatic carbocycles. The van der Waals surface area contributed by atoms with Crippen molar-refractivity contribution < 1.29 is 14.6 Å². The van der Waals surface area contributed by atoms with Crippen molar-refractivity contribution in [2.24, 2.45) is 0 Å². The van der Waals surface area contributed by atoms with Gasteiger partial charge in [-0.25, -0.2) is 0 Å². The van der Waals surface area contributed by atoms with Crippen LogP contribution >= 0.6 is 0 Å². The zero-order valence-electron chi connectivity index (χ0n) is 17.4. The molecule has 0 radical (unpaired) electrons. The van der Waals surface area contributed by atoms with Gasteiger partial charge in [0.15, 0.2) is 0 Å². The first-order chi connectivity index (χ1) is 14.0. The number of carbonyl (C=O) groups excluding carboxylic acids is 1. The van der Waals surface area contributed by atoms with Crippen molar-refractivity contribution in [3.8, 4) is 5.75 Å². The number of para-hydroxylation sites is 1. The zero-order valence-corrected chi connectivity index (χ0v) is 17.4. The van der Waals surface area contributed by atoms with E-state index >= 15 is 0 Å². The summed E-state index contributed by atoms with van der Waals surface area (Å²) in [7, 11) is 0. The Kier molecular flexibility index (Phi) is 7.67. The Morgan fingerprint density at radius 2 is 2.00 bits per heavy atom. The van der Waals surface area contributed by atoms with E-state index in [-0.39, 0.29) is 30.3 Å². The van der Waals surface area contributed by atoms with Crippen LogP contribution in [0.15, 0.2) is 48.5 Å². The number of benzene rings is 2. The van der Waals surface area contributed by atoms with Gasteiger partial charge in [0.25, 0.3) is 0 Å². The highest BCUT2D eigenvalue weighted by Crippen LogP contribution is 2.20. The van der Waals surface area contributed by atoms with Crippen LogP contribution in [0.5, 0.6) is 5.75 Å². The van der Waals surface area contributed by atoms with Gasteiger partial charge in [0.05, 0.1) is 18.7 Å². The van der Waals surface area contributed by atoms with Crippen LogP contribution in [-0.2, 0) is 22.5 Å². The van der Waals surface area contributed by atoms with Crippen molar-refractivity contribution >= 4 is 5.91 Å². The molecule has 2 unspecified atom stereocenters. The minimum absolute atomic E-state index is 0.0227. The number of rotatable bonds is 9. The van der Waals surface area contributed by atoms with Crippen molar-refractivity contribution in [3.63, 3.8) is 0 Å². The summed E-state index contributed by atoms with van der Waals surface area (Å²) in [5.74, 6) is 0.236. The molecule has 29 heavy (non-hydrogen) atoms. The van der Waals surface area contributed by atoms with E-state index in [9.17, 15) is 9.90 Å². The predicted molar refractivity (Wildman–Crippen MR) is 115 cm³/mol. The molecule has 2 N–H and O–H groups in total. The van der Waals surface area contributed by atoms with E-state index in [1.165, 1.54) is 5.56 Å². The second-order valence-electron chi connectivity index (χ2n) is 7.82. The van der Waals surface area contributed by atoms with Crippen LogP contribution in [-0.4, -0.2) is 41.7 Å². The lowest BCUT2D eigenvalue weighted by Crippen LogP contribution is -2.41. The van der Waals surface area contributed by atoms with E-state index in [0.717, 1.165) is 37.0 Å².